The number of fused-ring (bicyclic) bond motifs is 1. The van der Waals surface area contributed by atoms with Crippen molar-refractivity contribution in [1.82, 2.24) is 15.2 Å². The highest BCUT2D eigenvalue weighted by Crippen LogP contribution is 2.32. The maximum atomic E-state index is 5.68. The number of aromatic nitrogens is 3. The molecule has 0 amide bonds. The van der Waals surface area contributed by atoms with Crippen LogP contribution in [0.1, 0.15) is 18.2 Å². The van der Waals surface area contributed by atoms with Crippen molar-refractivity contribution < 1.29 is 0 Å². The van der Waals surface area contributed by atoms with Gasteiger partial charge >= 0.3 is 0 Å². The number of rotatable bonds is 2. The van der Waals surface area contributed by atoms with Crippen molar-refractivity contribution in [3.8, 4) is 11.3 Å². The van der Waals surface area contributed by atoms with Crippen LogP contribution in [-0.4, -0.2) is 15.2 Å². The molecule has 0 saturated carbocycles. The number of aromatic amines is 2. The molecular formula is C14H16N4. The quantitative estimate of drug-likeness (QED) is 0.644. The number of nitrogen functional groups attached to an aromatic ring is 1. The van der Waals surface area contributed by atoms with Crippen molar-refractivity contribution in [1.29, 1.82) is 0 Å². The fraction of sp³-hybridized carbons (Fsp3) is 0.214. The maximum Gasteiger partial charge on any atom is 0.145 e. The van der Waals surface area contributed by atoms with Crippen molar-refractivity contribution in [3.63, 3.8) is 0 Å². The average Bonchev–Trinajstić information content (AvgIpc) is 2.90. The molecule has 3 aromatic rings. The first-order valence-electron chi connectivity index (χ1n) is 6.11. The van der Waals surface area contributed by atoms with E-state index in [-0.39, 0.29) is 0 Å². The molecule has 3 rings (SSSR count). The van der Waals surface area contributed by atoms with Crippen molar-refractivity contribution in [2.24, 2.45) is 0 Å². The van der Waals surface area contributed by atoms with Gasteiger partial charge in [0, 0.05) is 28.2 Å². The summed E-state index contributed by atoms with van der Waals surface area (Å²) in [5, 5.41) is 8.20. The van der Waals surface area contributed by atoms with Crippen LogP contribution >= 0.6 is 0 Å². The first-order valence-corrected chi connectivity index (χ1v) is 6.11. The minimum absolute atomic E-state index is 0.519. The molecular weight excluding hydrogens is 224 g/mol. The molecule has 2 aromatic heterocycles. The van der Waals surface area contributed by atoms with E-state index in [1.165, 1.54) is 10.9 Å². The number of aryl methyl sites for hydroxylation is 2. The van der Waals surface area contributed by atoms with E-state index in [9.17, 15) is 0 Å². The number of nitrogens with zero attached hydrogens (tertiary/aromatic N) is 1. The SMILES string of the molecule is CCc1ccc2[nH]c(C)c(-c3cc(N)n[nH]3)c2c1. The Morgan fingerprint density at radius 1 is 1.28 bits per heavy atom. The zero-order chi connectivity index (χ0) is 12.7. The van der Waals surface area contributed by atoms with Crippen molar-refractivity contribution in [2.45, 2.75) is 20.3 Å². The lowest BCUT2D eigenvalue weighted by atomic mass is 10.0. The molecule has 0 saturated heterocycles. The molecule has 0 radical (unpaired) electrons. The molecule has 2 heterocycles. The van der Waals surface area contributed by atoms with E-state index in [1.807, 2.05) is 6.07 Å². The Labute approximate surface area is 105 Å². The van der Waals surface area contributed by atoms with Crippen LogP contribution in [0.15, 0.2) is 24.3 Å². The maximum absolute atomic E-state index is 5.68. The van der Waals surface area contributed by atoms with Crippen LogP contribution in [0.5, 0.6) is 0 Å². The highest BCUT2D eigenvalue weighted by molar-refractivity contribution is 5.97. The number of nitrogens with two attached hydrogens (primary N) is 1. The van der Waals surface area contributed by atoms with Gasteiger partial charge in [0.2, 0.25) is 0 Å². The smallest absolute Gasteiger partial charge is 0.145 e. The zero-order valence-electron chi connectivity index (χ0n) is 10.5. The lowest BCUT2D eigenvalue weighted by molar-refractivity contribution is 1.10. The number of benzene rings is 1. The van der Waals surface area contributed by atoms with Crippen LogP contribution in [-0.2, 0) is 6.42 Å². The number of hydrogen-bond donors (Lipinski definition) is 3. The number of hydrogen-bond acceptors (Lipinski definition) is 2. The van der Waals surface area contributed by atoms with E-state index < -0.39 is 0 Å². The van der Waals surface area contributed by atoms with Gasteiger partial charge in [0.15, 0.2) is 0 Å². The van der Waals surface area contributed by atoms with Gasteiger partial charge in [-0.3, -0.25) is 5.10 Å². The molecule has 4 heteroatoms. The van der Waals surface area contributed by atoms with E-state index in [0.29, 0.717) is 5.82 Å². The molecule has 1 aromatic carbocycles. The second-order valence-corrected chi connectivity index (χ2v) is 4.56. The number of anilines is 1. The molecule has 4 N–H and O–H groups in total. The van der Waals surface area contributed by atoms with Crippen LogP contribution in [0.2, 0.25) is 0 Å². The van der Waals surface area contributed by atoms with Crippen molar-refractivity contribution >= 4 is 16.7 Å². The predicted octanol–water partition coefficient (Wildman–Crippen LogP) is 3.01. The fourth-order valence-electron chi connectivity index (χ4n) is 2.41. The van der Waals surface area contributed by atoms with Gasteiger partial charge in [0.1, 0.15) is 5.82 Å². The van der Waals surface area contributed by atoms with Gasteiger partial charge < -0.3 is 10.7 Å². The zero-order valence-corrected chi connectivity index (χ0v) is 10.5. The monoisotopic (exact) mass is 240 g/mol. The number of nitrogens with one attached hydrogen (secondary N) is 2. The van der Waals surface area contributed by atoms with E-state index >= 15 is 0 Å². The Bertz CT molecular complexity index is 706. The first kappa shape index (κ1) is 10.9. The lowest BCUT2D eigenvalue weighted by Gasteiger charge is -1.99. The molecule has 92 valence electrons. The Kier molecular flexibility index (Phi) is 2.37. The Balaban J connectivity index is 2.29. The van der Waals surface area contributed by atoms with Gasteiger partial charge in [-0.25, -0.2) is 0 Å². The highest BCUT2D eigenvalue weighted by atomic mass is 15.2. The van der Waals surface area contributed by atoms with Gasteiger partial charge in [-0.05, 0) is 31.0 Å². The molecule has 4 nitrogen and oxygen atoms in total. The van der Waals surface area contributed by atoms with E-state index in [1.54, 1.807) is 0 Å². The van der Waals surface area contributed by atoms with Gasteiger partial charge in [-0.15, -0.1) is 0 Å². The topological polar surface area (TPSA) is 70.5 Å². The predicted molar refractivity (Wildman–Crippen MR) is 74.4 cm³/mol. The summed E-state index contributed by atoms with van der Waals surface area (Å²) in [5.74, 6) is 0.519. The Hall–Kier alpha value is -2.23. The van der Waals surface area contributed by atoms with Crippen LogP contribution < -0.4 is 5.73 Å². The lowest BCUT2D eigenvalue weighted by Crippen LogP contribution is -1.82. The van der Waals surface area contributed by atoms with Crippen LogP contribution in [0.4, 0.5) is 5.82 Å². The Morgan fingerprint density at radius 3 is 2.78 bits per heavy atom. The van der Waals surface area contributed by atoms with Gasteiger partial charge in [-0.2, -0.15) is 5.10 Å². The molecule has 0 aliphatic rings. The summed E-state index contributed by atoms with van der Waals surface area (Å²) in [4.78, 5) is 3.40. The minimum atomic E-state index is 0.519. The largest absolute Gasteiger partial charge is 0.382 e. The first-order chi connectivity index (χ1) is 8.69. The second kappa shape index (κ2) is 3.91. The van der Waals surface area contributed by atoms with Gasteiger partial charge in [0.05, 0.1) is 5.69 Å². The summed E-state index contributed by atoms with van der Waals surface area (Å²) >= 11 is 0. The second-order valence-electron chi connectivity index (χ2n) is 4.56. The van der Waals surface area contributed by atoms with E-state index in [4.69, 9.17) is 5.73 Å². The fourth-order valence-corrected chi connectivity index (χ4v) is 2.41. The molecule has 0 bridgehead atoms. The molecule has 18 heavy (non-hydrogen) atoms. The number of H-pyrrole nitrogens is 2. The molecule has 0 atom stereocenters. The molecule has 0 aliphatic heterocycles. The third-order valence-electron chi connectivity index (χ3n) is 3.33. The summed E-state index contributed by atoms with van der Waals surface area (Å²) in [5.41, 5.74) is 11.4. The highest BCUT2D eigenvalue weighted by Gasteiger charge is 2.12. The summed E-state index contributed by atoms with van der Waals surface area (Å²) in [6, 6.07) is 8.38. The normalized spacial score (nSPS) is 11.2. The van der Waals surface area contributed by atoms with Crippen molar-refractivity contribution in [2.75, 3.05) is 5.73 Å². The minimum Gasteiger partial charge on any atom is -0.382 e. The third-order valence-corrected chi connectivity index (χ3v) is 3.33. The van der Waals surface area contributed by atoms with Gasteiger partial charge in [0.25, 0.3) is 0 Å². The summed E-state index contributed by atoms with van der Waals surface area (Å²) < 4.78 is 0. The molecule has 0 spiro atoms. The van der Waals surface area contributed by atoms with E-state index in [2.05, 4.69) is 47.2 Å². The standard InChI is InChI=1S/C14H16N4/c1-3-9-4-5-11-10(6-9)14(8(2)16-11)12-7-13(15)18-17-12/h4-7,16H,3H2,1-2H3,(H3,15,17,18). The molecule has 0 aliphatic carbocycles. The summed E-state index contributed by atoms with van der Waals surface area (Å²) in [6.45, 7) is 4.23. The van der Waals surface area contributed by atoms with E-state index in [0.717, 1.165) is 28.9 Å². The average molecular weight is 240 g/mol. The van der Waals surface area contributed by atoms with Gasteiger partial charge in [-0.1, -0.05) is 13.0 Å². The summed E-state index contributed by atoms with van der Waals surface area (Å²) in [6.07, 6.45) is 1.03. The van der Waals surface area contributed by atoms with Crippen LogP contribution in [0.3, 0.4) is 0 Å². The van der Waals surface area contributed by atoms with Crippen molar-refractivity contribution in [3.05, 3.63) is 35.5 Å². The molecule has 0 fully saturated rings. The third kappa shape index (κ3) is 1.57. The van der Waals surface area contributed by atoms with Crippen LogP contribution in [0, 0.1) is 6.92 Å². The van der Waals surface area contributed by atoms with Crippen LogP contribution in [0.25, 0.3) is 22.2 Å². The summed E-state index contributed by atoms with van der Waals surface area (Å²) in [7, 11) is 0. The molecule has 0 unspecified atom stereocenters. The Morgan fingerprint density at radius 2 is 2.11 bits per heavy atom.